The molecule has 0 spiro atoms. The highest BCUT2D eigenvalue weighted by Crippen LogP contribution is 2.20. The molecule has 2 aromatic rings. The van der Waals surface area contributed by atoms with Crippen LogP contribution in [0.1, 0.15) is 30.3 Å². The largest absolute Gasteiger partial charge is 0.313 e. The van der Waals surface area contributed by atoms with Crippen LogP contribution in [0, 0.1) is 19.7 Å². The molecule has 102 valence electrons. The topological polar surface area (TPSA) is 29.9 Å². The molecule has 19 heavy (non-hydrogen) atoms. The van der Waals surface area contributed by atoms with E-state index in [-0.39, 0.29) is 5.82 Å². The molecule has 0 radical (unpaired) electrons. The van der Waals surface area contributed by atoms with Crippen LogP contribution >= 0.6 is 0 Å². The van der Waals surface area contributed by atoms with Crippen LogP contribution in [-0.2, 0) is 6.54 Å². The lowest BCUT2D eigenvalue weighted by atomic mass is 10.1. The molecule has 0 saturated heterocycles. The van der Waals surface area contributed by atoms with Gasteiger partial charge < -0.3 is 5.32 Å². The molecule has 0 saturated carbocycles. The third-order valence-electron chi connectivity index (χ3n) is 3.03. The van der Waals surface area contributed by atoms with Gasteiger partial charge in [-0.05, 0) is 44.5 Å². The lowest BCUT2D eigenvalue weighted by molar-refractivity contribution is 0.597. The zero-order valence-corrected chi connectivity index (χ0v) is 11.7. The van der Waals surface area contributed by atoms with Crippen molar-refractivity contribution >= 4 is 0 Å². The van der Waals surface area contributed by atoms with Crippen molar-refractivity contribution in [1.82, 2.24) is 15.1 Å². The van der Waals surface area contributed by atoms with Gasteiger partial charge in [0.05, 0.1) is 5.69 Å². The van der Waals surface area contributed by atoms with Gasteiger partial charge in [-0.15, -0.1) is 0 Å². The Morgan fingerprint density at radius 3 is 2.74 bits per heavy atom. The summed E-state index contributed by atoms with van der Waals surface area (Å²) in [7, 11) is 0. The van der Waals surface area contributed by atoms with E-state index in [1.807, 2.05) is 26.0 Å². The second kappa shape index (κ2) is 5.97. The molecular formula is C15H20FN3. The first-order valence-electron chi connectivity index (χ1n) is 6.65. The summed E-state index contributed by atoms with van der Waals surface area (Å²) < 4.78 is 15.8. The van der Waals surface area contributed by atoms with Gasteiger partial charge in [0.1, 0.15) is 11.5 Å². The maximum atomic E-state index is 14.1. The van der Waals surface area contributed by atoms with Crippen molar-refractivity contribution in [2.75, 3.05) is 6.54 Å². The van der Waals surface area contributed by atoms with Gasteiger partial charge in [-0.3, -0.25) is 0 Å². The average molecular weight is 261 g/mol. The van der Waals surface area contributed by atoms with E-state index in [2.05, 4.69) is 17.3 Å². The van der Waals surface area contributed by atoms with E-state index >= 15 is 0 Å². The second-order valence-electron chi connectivity index (χ2n) is 4.76. The first-order valence-corrected chi connectivity index (χ1v) is 6.65. The fraction of sp³-hybridized carbons (Fsp3) is 0.400. The van der Waals surface area contributed by atoms with Gasteiger partial charge in [0.25, 0.3) is 0 Å². The van der Waals surface area contributed by atoms with Crippen LogP contribution in [0.3, 0.4) is 0 Å². The third-order valence-corrected chi connectivity index (χ3v) is 3.03. The predicted molar refractivity (Wildman–Crippen MR) is 75.0 cm³/mol. The quantitative estimate of drug-likeness (QED) is 0.838. The van der Waals surface area contributed by atoms with Crippen LogP contribution < -0.4 is 5.32 Å². The minimum Gasteiger partial charge on any atom is -0.313 e. The number of hydrogen-bond donors (Lipinski definition) is 1. The third kappa shape index (κ3) is 3.01. The van der Waals surface area contributed by atoms with Gasteiger partial charge in [0, 0.05) is 12.2 Å². The van der Waals surface area contributed by atoms with Crippen molar-refractivity contribution in [3.63, 3.8) is 0 Å². The van der Waals surface area contributed by atoms with Crippen LogP contribution in [0.25, 0.3) is 5.69 Å². The summed E-state index contributed by atoms with van der Waals surface area (Å²) in [6, 6.07) is 7.12. The Bertz CT molecular complexity index is 561. The maximum Gasteiger partial charge on any atom is 0.149 e. The number of aromatic nitrogens is 2. The summed E-state index contributed by atoms with van der Waals surface area (Å²) in [5.74, 6) is -0.234. The average Bonchev–Trinajstić information content (AvgIpc) is 2.69. The molecule has 2 rings (SSSR count). The molecular weight excluding hydrogens is 241 g/mol. The highest BCUT2D eigenvalue weighted by atomic mass is 19.1. The highest BCUT2D eigenvalue weighted by Gasteiger charge is 2.13. The summed E-state index contributed by atoms with van der Waals surface area (Å²) in [6.07, 6.45) is 1.06. The molecule has 0 amide bonds. The Kier molecular flexibility index (Phi) is 4.32. The normalized spacial score (nSPS) is 10.9. The van der Waals surface area contributed by atoms with E-state index in [4.69, 9.17) is 0 Å². The van der Waals surface area contributed by atoms with Crippen LogP contribution in [0.5, 0.6) is 0 Å². The fourth-order valence-electron chi connectivity index (χ4n) is 2.19. The second-order valence-corrected chi connectivity index (χ2v) is 4.76. The van der Waals surface area contributed by atoms with E-state index in [1.165, 1.54) is 6.07 Å². The molecule has 1 N–H and O–H groups in total. The fourth-order valence-corrected chi connectivity index (χ4v) is 2.19. The number of rotatable bonds is 5. The summed E-state index contributed by atoms with van der Waals surface area (Å²) in [4.78, 5) is 0. The molecule has 1 heterocycles. The minimum absolute atomic E-state index is 0.234. The highest BCUT2D eigenvalue weighted by molar-refractivity contribution is 5.43. The zero-order chi connectivity index (χ0) is 13.8. The van der Waals surface area contributed by atoms with Crippen LogP contribution in [-0.4, -0.2) is 16.3 Å². The van der Waals surface area contributed by atoms with Gasteiger partial charge >= 0.3 is 0 Å². The SMILES string of the molecule is CCCNCc1cccc(F)c1-n1nc(C)cc1C. The number of nitrogens with zero attached hydrogens (tertiary/aromatic N) is 2. The summed E-state index contributed by atoms with van der Waals surface area (Å²) >= 11 is 0. The van der Waals surface area contributed by atoms with Gasteiger partial charge in [-0.1, -0.05) is 19.1 Å². The Labute approximate surface area is 113 Å². The molecule has 4 heteroatoms. The molecule has 0 aliphatic heterocycles. The van der Waals surface area contributed by atoms with Crippen molar-refractivity contribution in [3.8, 4) is 5.69 Å². The molecule has 0 aliphatic carbocycles. The van der Waals surface area contributed by atoms with E-state index in [1.54, 1.807) is 10.7 Å². The van der Waals surface area contributed by atoms with Gasteiger partial charge in [-0.2, -0.15) is 5.10 Å². The van der Waals surface area contributed by atoms with Gasteiger partial charge in [-0.25, -0.2) is 9.07 Å². The van der Waals surface area contributed by atoms with Crippen LogP contribution in [0.15, 0.2) is 24.3 Å². The first-order chi connectivity index (χ1) is 9.13. The Hall–Kier alpha value is -1.68. The molecule has 1 aromatic carbocycles. The van der Waals surface area contributed by atoms with Crippen molar-refractivity contribution in [3.05, 3.63) is 47.0 Å². The Morgan fingerprint density at radius 1 is 1.32 bits per heavy atom. The molecule has 0 bridgehead atoms. The van der Waals surface area contributed by atoms with Crippen molar-refractivity contribution in [2.45, 2.75) is 33.7 Å². The molecule has 0 unspecified atom stereocenters. The van der Waals surface area contributed by atoms with E-state index in [0.717, 1.165) is 29.9 Å². The predicted octanol–water partition coefficient (Wildman–Crippen LogP) is 3.13. The monoisotopic (exact) mass is 261 g/mol. The van der Waals surface area contributed by atoms with Gasteiger partial charge in [0.15, 0.2) is 0 Å². The van der Waals surface area contributed by atoms with Gasteiger partial charge in [0.2, 0.25) is 0 Å². The van der Waals surface area contributed by atoms with E-state index in [0.29, 0.717) is 12.2 Å². The molecule has 0 fully saturated rings. The summed E-state index contributed by atoms with van der Waals surface area (Å²) in [5, 5.41) is 7.69. The lowest BCUT2D eigenvalue weighted by Crippen LogP contribution is -2.17. The summed E-state index contributed by atoms with van der Waals surface area (Å²) in [6.45, 7) is 7.54. The van der Waals surface area contributed by atoms with Crippen LogP contribution in [0.2, 0.25) is 0 Å². The van der Waals surface area contributed by atoms with E-state index < -0.39 is 0 Å². The first kappa shape index (κ1) is 13.7. The molecule has 0 atom stereocenters. The smallest absolute Gasteiger partial charge is 0.149 e. The number of aryl methyl sites for hydroxylation is 2. The number of hydrogen-bond acceptors (Lipinski definition) is 2. The number of para-hydroxylation sites is 1. The standard InChI is InChI=1S/C15H20FN3/c1-4-8-17-10-13-6-5-7-14(16)15(13)19-12(3)9-11(2)18-19/h5-7,9,17H,4,8,10H2,1-3H3. The zero-order valence-electron chi connectivity index (χ0n) is 11.7. The van der Waals surface area contributed by atoms with Crippen molar-refractivity contribution in [2.24, 2.45) is 0 Å². The van der Waals surface area contributed by atoms with Crippen molar-refractivity contribution < 1.29 is 4.39 Å². The van der Waals surface area contributed by atoms with Crippen LogP contribution in [0.4, 0.5) is 4.39 Å². The molecule has 1 aromatic heterocycles. The Balaban J connectivity index is 2.40. The minimum atomic E-state index is -0.234. The lowest BCUT2D eigenvalue weighted by Gasteiger charge is -2.13. The summed E-state index contributed by atoms with van der Waals surface area (Å²) in [5.41, 5.74) is 3.32. The van der Waals surface area contributed by atoms with E-state index in [9.17, 15) is 4.39 Å². The number of nitrogens with one attached hydrogen (secondary N) is 1. The molecule has 3 nitrogen and oxygen atoms in total. The number of halogens is 1. The van der Waals surface area contributed by atoms with Crippen molar-refractivity contribution in [1.29, 1.82) is 0 Å². The maximum absolute atomic E-state index is 14.1. The number of benzene rings is 1. The Morgan fingerprint density at radius 2 is 2.11 bits per heavy atom. The molecule has 0 aliphatic rings.